The monoisotopic (exact) mass is 222 g/mol. The first-order valence-electron chi connectivity index (χ1n) is 5.46. The van der Waals surface area contributed by atoms with Crippen LogP contribution in [0.25, 0.3) is 0 Å². The fourth-order valence-corrected chi connectivity index (χ4v) is 1.51. The van der Waals surface area contributed by atoms with Crippen molar-refractivity contribution < 1.29 is 14.3 Å². The van der Waals surface area contributed by atoms with Crippen LogP contribution >= 0.6 is 0 Å². The Bertz CT molecular complexity index is 338. The molecular weight excluding hydrogens is 204 g/mol. The van der Waals surface area contributed by atoms with Gasteiger partial charge in [0, 0.05) is 6.61 Å². The molecule has 3 nitrogen and oxygen atoms in total. The number of aryl methyl sites for hydroxylation is 2. The highest BCUT2D eigenvalue weighted by molar-refractivity contribution is 5.89. The van der Waals surface area contributed by atoms with Crippen LogP contribution < -0.4 is 0 Å². The lowest BCUT2D eigenvalue weighted by Gasteiger charge is -2.06. The first-order valence-corrected chi connectivity index (χ1v) is 5.46. The standard InChI is InChI=1S/C13H18O3/c1-4-15-5-6-16-13(14)12-8-10(2)7-11(3)9-12/h7-9H,4-6H2,1-3H3. The molecule has 0 aliphatic heterocycles. The van der Waals surface area contributed by atoms with Crippen LogP contribution in [0.15, 0.2) is 18.2 Å². The molecule has 1 aromatic rings. The summed E-state index contributed by atoms with van der Waals surface area (Å²) in [6.07, 6.45) is 0. The minimum Gasteiger partial charge on any atom is -0.460 e. The highest BCUT2D eigenvalue weighted by Gasteiger charge is 2.07. The molecule has 1 aromatic carbocycles. The van der Waals surface area contributed by atoms with Crippen LogP contribution in [0.1, 0.15) is 28.4 Å². The van der Waals surface area contributed by atoms with Crippen molar-refractivity contribution >= 4 is 5.97 Å². The predicted octanol–water partition coefficient (Wildman–Crippen LogP) is 2.50. The second kappa shape index (κ2) is 6.28. The quantitative estimate of drug-likeness (QED) is 0.567. The second-order valence-corrected chi connectivity index (χ2v) is 3.71. The topological polar surface area (TPSA) is 35.5 Å². The molecule has 16 heavy (non-hydrogen) atoms. The Labute approximate surface area is 96.4 Å². The van der Waals surface area contributed by atoms with Gasteiger partial charge in [0.05, 0.1) is 12.2 Å². The van der Waals surface area contributed by atoms with Gasteiger partial charge in [-0.05, 0) is 32.9 Å². The lowest BCUT2D eigenvalue weighted by molar-refractivity contribution is 0.0335. The van der Waals surface area contributed by atoms with Gasteiger partial charge < -0.3 is 9.47 Å². The number of hydrogen-bond donors (Lipinski definition) is 0. The van der Waals surface area contributed by atoms with Crippen molar-refractivity contribution in [3.05, 3.63) is 34.9 Å². The Balaban J connectivity index is 2.52. The molecule has 0 amide bonds. The lowest BCUT2D eigenvalue weighted by atomic mass is 10.1. The zero-order valence-corrected chi connectivity index (χ0v) is 10.1. The summed E-state index contributed by atoms with van der Waals surface area (Å²) in [5.74, 6) is -0.286. The van der Waals surface area contributed by atoms with E-state index in [4.69, 9.17) is 9.47 Å². The van der Waals surface area contributed by atoms with Crippen molar-refractivity contribution in [3.8, 4) is 0 Å². The molecule has 0 atom stereocenters. The maximum Gasteiger partial charge on any atom is 0.338 e. The molecule has 1 rings (SSSR count). The normalized spacial score (nSPS) is 10.2. The van der Waals surface area contributed by atoms with Crippen molar-refractivity contribution in [1.82, 2.24) is 0 Å². The van der Waals surface area contributed by atoms with Gasteiger partial charge in [-0.15, -0.1) is 0 Å². The average Bonchev–Trinajstić information content (AvgIpc) is 2.22. The van der Waals surface area contributed by atoms with E-state index < -0.39 is 0 Å². The maximum absolute atomic E-state index is 11.6. The van der Waals surface area contributed by atoms with Crippen molar-refractivity contribution in [2.45, 2.75) is 20.8 Å². The molecule has 0 N–H and O–H groups in total. The molecule has 0 saturated heterocycles. The fraction of sp³-hybridized carbons (Fsp3) is 0.462. The molecule has 0 fully saturated rings. The van der Waals surface area contributed by atoms with E-state index in [1.54, 1.807) is 0 Å². The number of benzene rings is 1. The molecule has 0 bridgehead atoms. The molecule has 0 heterocycles. The number of esters is 1. The van der Waals surface area contributed by atoms with Crippen molar-refractivity contribution in [3.63, 3.8) is 0 Å². The molecule has 3 heteroatoms. The molecule has 0 aliphatic rings. The smallest absolute Gasteiger partial charge is 0.338 e. The van der Waals surface area contributed by atoms with Gasteiger partial charge in [0.25, 0.3) is 0 Å². The van der Waals surface area contributed by atoms with E-state index in [-0.39, 0.29) is 5.97 Å². The third kappa shape index (κ3) is 4.03. The lowest BCUT2D eigenvalue weighted by Crippen LogP contribution is -2.11. The van der Waals surface area contributed by atoms with Gasteiger partial charge in [0.15, 0.2) is 0 Å². The minimum absolute atomic E-state index is 0.286. The maximum atomic E-state index is 11.6. The summed E-state index contributed by atoms with van der Waals surface area (Å²) in [7, 11) is 0. The number of rotatable bonds is 5. The molecule has 88 valence electrons. The van der Waals surface area contributed by atoms with E-state index in [9.17, 15) is 4.79 Å². The fourth-order valence-electron chi connectivity index (χ4n) is 1.51. The second-order valence-electron chi connectivity index (χ2n) is 3.71. The van der Waals surface area contributed by atoms with E-state index in [0.717, 1.165) is 11.1 Å². The van der Waals surface area contributed by atoms with Crippen LogP contribution in [0.5, 0.6) is 0 Å². The van der Waals surface area contributed by atoms with Crippen LogP contribution in [0.2, 0.25) is 0 Å². The van der Waals surface area contributed by atoms with Gasteiger partial charge in [-0.3, -0.25) is 0 Å². The Morgan fingerprint density at radius 2 is 1.75 bits per heavy atom. The summed E-state index contributed by atoms with van der Waals surface area (Å²) >= 11 is 0. The van der Waals surface area contributed by atoms with Crippen LogP contribution in [-0.4, -0.2) is 25.8 Å². The summed E-state index contributed by atoms with van der Waals surface area (Å²) in [6.45, 7) is 7.23. The van der Waals surface area contributed by atoms with Gasteiger partial charge in [-0.1, -0.05) is 17.2 Å². The summed E-state index contributed by atoms with van der Waals surface area (Å²) in [5.41, 5.74) is 2.74. The van der Waals surface area contributed by atoms with Gasteiger partial charge in [0.2, 0.25) is 0 Å². The number of ether oxygens (including phenoxy) is 2. The van der Waals surface area contributed by atoms with Crippen molar-refractivity contribution in [2.24, 2.45) is 0 Å². The zero-order chi connectivity index (χ0) is 12.0. The highest BCUT2D eigenvalue weighted by Crippen LogP contribution is 2.09. The zero-order valence-electron chi connectivity index (χ0n) is 10.1. The van der Waals surface area contributed by atoms with Gasteiger partial charge >= 0.3 is 5.97 Å². The summed E-state index contributed by atoms with van der Waals surface area (Å²) < 4.78 is 10.2. The third-order valence-electron chi connectivity index (χ3n) is 2.12. The summed E-state index contributed by atoms with van der Waals surface area (Å²) in [4.78, 5) is 11.6. The van der Waals surface area contributed by atoms with Crippen LogP contribution in [0.4, 0.5) is 0 Å². The number of carbonyl (C=O) groups excluding carboxylic acids is 1. The minimum atomic E-state index is -0.286. The first-order chi connectivity index (χ1) is 7.63. The molecule has 0 unspecified atom stereocenters. The summed E-state index contributed by atoms with van der Waals surface area (Å²) in [6, 6.07) is 5.68. The molecule has 0 aromatic heterocycles. The van der Waals surface area contributed by atoms with Crippen LogP contribution in [0.3, 0.4) is 0 Å². The van der Waals surface area contributed by atoms with Crippen LogP contribution in [0, 0.1) is 13.8 Å². The van der Waals surface area contributed by atoms with E-state index in [0.29, 0.717) is 25.4 Å². The third-order valence-corrected chi connectivity index (χ3v) is 2.12. The number of hydrogen-bond acceptors (Lipinski definition) is 3. The molecular formula is C13H18O3. The van der Waals surface area contributed by atoms with Gasteiger partial charge in [-0.25, -0.2) is 4.79 Å². The Morgan fingerprint density at radius 1 is 1.12 bits per heavy atom. The van der Waals surface area contributed by atoms with Gasteiger partial charge in [-0.2, -0.15) is 0 Å². The Morgan fingerprint density at radius 3 is 2.31 bits per heavy atom. The Hall–Kier alpha value is -1.35. The van der Waals surface area contributed by atoms with E-state index >= 15 is 0 Å². The van der Waals surface area contributed by atoms with Crippen LogP contribution in [-0.2, 0) is 9.47 Å². The van der Waals surface area contributed by atoms with Crippen molar-refractivity contribution in [1.29, 1.82) is 0 Å². The van der Waals surface area contributed by atoms with E-state index in [1.165, 1.54) is 0 Å². The molecule has 0 radical (unpaired) electrons. The van der Waals surface area contributed by atoms with Crippen molar-refractivity contribution in [2.75, 3.05) is 19.8 Å². The SMILES string of the molecule is CCOCCOC(=O)c1cc(C)cc(C)c1. The molecule has 0 spiro atoms. The largest absolute Gasteiger partial charge is 0.460 e. The average molecular weight is 222 g/mol. The first kappa shape index (κ1) is 12.7. The van der Waals surface area contributed by atoms with Gasteiger partial charge in [0.1, 0.15) is 6.61 Å². The molecule has 0 saturated carbocycles. The number of carbonyl (C=O) groups is 1. The predicted molar refractivity (Wildman–Crippen MR) is 62.7 cm³/mol. The highest BCUT2D eigenvalue weighted by atomic mass is 16.6. The molecule has 0 aliphatic carbocycles. The Kier molecular flexibility index (Phi) is 4.99. The summed E-state index contributed by atoms with van der Waals surface area (Å²) in [5, 5.41) is 0. The van der Waals surface area contributed by atoms with E-state index in [1.807, 2.05) is 39.0 Å². The van der Waals surface area contributed by atoms with E-state index in [2.05, 4.69) is 0 Å².